The number of urea groups is 1. The van der Waals surface area contributed by atoms with Crippen molar-refractivity contribution >= 4 is 23.1 Å². The van der Waals surface area contributed by atoms with Crippen LogP contribution in [0.2, 0.25) is 0 Å². The molecule has 1 aliphatic rings. The van der Waals surface area contributed by atoms with Crippen molar-refractivity contribution in [3.63, 3.8) is 0 Å². The molecule has 1 saturated carbocycles. The fourth-order valence-corrected chi connectivity index (χ4v) is 3.73. The predicted octanol–water partition coefficient (Wildman–Crippen LogP) is 4.73. The molecule has 0 spiro atoms. The smallest absolute Gasteiger partial charge is 0.322 e. The molecule has 1 heterocycles. The zero-order valence-electron chi connectivity index (χ0n) is 13.3. The summed E-state index contributed by atoms with van der Waals surface area (Å²) in [5, 5.41) is 5.08. The Hall–Kier alpha value is -2.01. The van der Waals surface area contributed by atoms with E-state index in [9.17, 15) is 4.79 Å². The highest BCUT2D eigenvalue weighted by Gasteiger charge is 2.27. The maximum Gasteiger partial charge on any atom is 0.322 e. The van der Waals surface area contributed by atoms with E-state index in [1.54, 1.807) is 18.4 Å². The number of ether oxygens (including phenoxy) is 1. The van der Waals surface area contributed by atoms with Crippen molar-refractivity contribution in [1.82, 2.24) is 4.90 Å². The summed E-state index contributed by atoms with van der Waals surface area (Å²) in [6.07, 6.45) is 4.62. The van der Waals surface area contributed by atoms with Crippen molar-refractivity contribution in [3.05, 3.63) is 46.7 Å². The molecule has 0 bridgehead atoms. The number of hydrogen-bond acceptors (Lipinski definition) is 3. The number of carbonyl (C=O) groups excluding carboxylic acids is 1. The van der Waals surface area contributed by atoms with Crippen LogP contribution in [-0.4, -0.2) is 24.1 Å². The van der Waals surface area contributed by atoms with Crippen LogP contribution in [0.3, 0.4) is 0 Å². The van der Waals surface area contributed by atoms with E-state index in [1.165, 1.54) is 17.7 Å². The maximum atomic E-state index is 12.8. The summed E-state index contributed by atoms with van der Waals surface area (Å²) in [6, 6.07) is 11.9. The number of benzene rings is 1. The molecule has 4 nitrogen and oxygen atoms in total. The summed E-state index contributed by atoms with van der Waals surface area (Å²) in [7, 11) is 1.64. The summed E-state index contributed by atoms with van der Waals surface area (Å²) in [4.78, 5) is 16.0. The highest BCUT2D eigenvalue weighted by molar-refractivity contribution is 7.09. The molecular weight excluding hydrogens is 308 g/mol. The fourth-order valence-electron chi connectivity index (χ4n) is 3.02. The van der Waals surface area contributed by atoms with E-state index in [0.29, 0.717) is 12.6 Å². The third-order valence-corrected chi connectivity index (χ3v) is 5.14. The van der Waals surface area contributed by atoms with Crippen LogP contribution in [0, 0.1) is 0 Å². The Morgan fingerprint density at radius 3 is 2.61 bits per heavy atom. The highest BCUT2D eigenvalue weighted by atomic mass is 32.1. The van der Waals surface area contributed by atoms with E-state index in [1.807, 2.05) is 35.2 Å². The molecule has 2 aromatic rings. The van der Waals surface area contributed by atoms with Gasteiger partial charge in [0.1, 0.15) is 5.75 Å². The van der Waals surface area contributed by atoms with Crippen molar-refractivity contribution in [3.8, 4) is 5.75 Å². The molecule has 0 unspecified atom stereocenters. The van der Waals surface area contributed by atoms with Gasteiger partial charge in [0.15, 0.2) is 0 Å². The van der Waals surface area contributed by atoms with Gasteiger partial charge in [-0.3, -0.25) is 0 Å². The normalized spacial score (nSPS) is 14.7. The van der Waals surface area contributed by atoms with Crippen molar-refractivity contribution in [2.75, 3.05) is 12.4 Å². The van der Waals surface area contributed by atoms with Crippen molar-refractivity contribution in [2.45, 2.75) is 38.3 Å². The molecule has 122 valence electrons. The minimum atomic E-state index is -0.0181. The Morgan fingerprint density at radius 2 is 2.00 bits per heavy atom. The first-order valence-electron chi connectivity index (χ1n) is 8.00. The van der Waals surface area contributed by atoms with E-state index in [2.05, 4.69) is 16.8 Å². The number of amides is 2. The molecule has 1 N–H and O–H groups in total. The number of methoxy groups -OCH3 is 1. The average Bonchev–Trinajstić information content (AvgIpc) is 3.27. The van der Waals surface area contributed by atoms with E-state index < -0.39 is 0 Å². The van der Waals surface area contributed by atoms with Gasteiger partial charge in [0.05, 0.1) is 13.7 Å². The third-order valence-electron chi connectivity index (χ3n) is 4.27. The molecule has 23 heavy (non-hydrogen) atoms. The molecule has 1 aromatic heterocycles. The first-order chi connectivity index (χ1) is 11.3. The summed E-state index contributed by atoms with van der Waals surface area (Å²) in [5.74, 6) is 0.786. The minimum Gasteiger partial charge on any atom is -0.497 e. The van der Waals surface area contributed by atoms with Gasteiger partial charge < -0.3 is 15.0 Å². The second-order valence-electron chi connectivity index (χ2n) is 5.80. The molecular formula is C18H22N2O2S. The van der Waals surface area contributed by atoms with E-state index in [4.69, 9.17) is 4.74 Å². The van der Waals surface area contributed by atoms with Crippen LogP contribution in [0.5, 0.6) is 5.75 Å². The average molecular weight is 330 g/mol. The van der Waals surface area contributed by atoms with Gasteiger partial charge in [0, 0.05) is 16.6 Å². The standard InChI is InChI=1S/C18H22N2O2S/c1-22-16-10-8-14(9-11-16)19-18(21)20(15-5-2-3-6-15)13-17-7-4-12-23-17/h4,7-12,15H,2-3,5-6,13H2,1H3,(H,19,21). The number of thiophene rings is 1. The number of nitrogens with zero attached hydrogens (tertiary/aromatic N) is 1. The molecule has 0 radical (unpaired) electrons. The topological polar surface area (TPSA) is 41.6 Å². The minimum absolute atomic E-state index is 0.0181. The zero-order chi connectivity index (χ0) is 16.1. The van der Waals surface area contributed by atoms with Gasteiger partial charge in [0.2, 0.25) is 0 Å². The van der Waals surface area contributed by atoms with E-state index in [-0.39, 0.29) is 6.03 Å². The van der Waals surface area contributed by atoms with Crippen molar-refractivity contribution in [1.29, 1.82) is 0 Å². The van der Waals surface area contributed by atoms with Crippen LogP contribution >= 0.6 is 11.3 Å². The SMILES string of the molecule is COc1ccc(NC(=O)N(Cc2cccs2)C2CCCC2)cc1. The molecule has 0 saturated heterocycles. The molecule has 0 atom stereocenters. The highest BCUT2D eigenvalue weighted by Crippen LogP contribution is 2.27. The first-order valence-corrected chi connectivity index (χ1v) is 8.88. The summed E-state index contributed by atoms with van der Waals surface area (Å²) in [6.45, 7) is 0.685. The largest absolute Gasteiger partial charge is 0.497 e. The Labute approximate surface area is 141 Å². The van der Waals surface area contributed by atoms with E-state index in [0.717, 1.165) is 24.3 Å². The number of hydrogen-bond donors (Lipinski definition) is 1. The van der Waals surface area contributed by atoms with Crippen LogP contribution < -0.4 is 10.1 Å². The Morgan fingerprint density at radius 1 is 1.26 bits per heavy atom. The van der Waals surface area contributed by atoms with Crippen LogP contribution in [0.15, 0.2) is 41.8 Å². The Bertz CT molecular complexity index is 619. The fraction of sp³-hybridized carbons (Fsp3) is 0.389. The summed E-state index contributed by atoms with van der Waals surface area (Å²) >= 11 is 1.70. The van der Waals surface area contributed by atoms with Crippen LogP contribution in [0.4, 0.5) is 10.5 Å². The zero-order valence-corrected chi connectivity index (χ0v) is 14.1. The molecule has 0 aliphatic heterocycles. The lowest BCUT2D eigenvalue weighted by Crippen LogP contribution is -2.40. The van der Waals surface area contributed by atoms with Crippen LogP contribution in [0.1, 0.15) is 30.6 Å². The molecule has 1 fully saturated rings. The Balaban J connectivity index is 1.70. The quantitative estimate of drug-likeness (QED) is 0.861. The monoisotopic (exact) mass is 330 g/mol. The summed E-state index contributed by atoms with van der Waals surface area (Å²) in [5.41, 5.74) is 0.796. The van der Waals surface area contributed by atoms with Crippen molar-refractivity contribution in [2.24, 2.45) is 0 Å². The number of carbonyl (C=O) groups is 1. The molecule has 1 aliphatic carbocycles. The summed E-state index contributed by atoms with van der Waals surface area (Å²) < 4.78 is 5.15. The van der Waals surface area contributed by atoms with Crippen LogP contribution in [0.25, 0.3) is 0 Å². The van der Waals surface area contributed by atoms with Gasteiger partial charge in [-0.1, -0.05) is 18.9 Å². The number of rotatable bonds is 5. The lowest BCUT2D eigenvalue weighted by atomic mass is 10.2. The predicted molar refractivity (Wildman–Crippen MR) is 94.1 cm³/mol. The second-order valence-corrected chi connectivity index (χ2v) is 6.84. The van der Waals surface area contributed by atoms with Gasteiger partial charge >= 0.3 is 6.03 Å². The van der Waals surface area contributed by atoms with Crippen LogP contribution in [-0.2, 0) is 6.54 Å². The lowest BCUT2D eigenvalue weighted by Gasteiger charge is -2.28. The number of anilines is 1. The molecule has 1 aromatic carbocycles. The van der Waals surface area contributed by atoms with Gasteiger partial charge in [-0.2, -0.15) is 0 Å². The Kier molecular flexibility index (Phi) is 5.18. The van der Waals surface area contributed by atoms with Gasteiger partial charge in [-0.15, -0.1) is 11.3 Å². The molecule has 5 heteroatoms. The second kappa shape index (κ2) is 7.51. The van der Waals surface area contributed by atoms with Gasteiger partial charge in [-0.25, -0.2) is 4.79 Å². The first kappa shape index (κ1) is 15.9. The molecule has 3 rings (SSSR count). The third kappa shape index (κ3) is 4.05. The number of nitrogens with one attached hydrogen (secondary N) is 1. The maximum absolute atomic E-state index is 12.8. The van der Waals surface area contributed by atoms with Gasteiger partial charge in [0.25, 0.3) is 0 Å². The lowest BCUT2D eigenvalue weighted by molar-refractivity contribution is 0.185. The van der Waals surface area contributed by atoms with E-state index >= 15 is 0 Å². The van der Waals surface area contributed by atoms with Gasteiger partial charge in [-0.05, 0) is 48.6 Å². The molecule has 2 amide bonds. The van der Waals surface area contributed by atoms with Crippen molar-refractivity contribution < 1.29 is 9.53 Å².